The maximum Gasteiger partial charge on any atom is 0.248 e. The van der Waals surface area contributed by atoms with Gasteiger partial charge in [-0.25, -0.2) is 5.90 Å². The zero-order chi connectivity index (χ0) is 10.4. The highest BCUT2D eigenvalue weighted by molar-refractivity contribution is 6.30. The maximum atomic E-state index is 10.9. The molecule has 0 aliphatic heterocycles. The molecule has 5 heteroatoms. The van der Waals surface area contributed by atoms with Crippen molar-refractivity contribution in [2.45, 2.75) is 6.54 Å². The van der Waals surface area contributed by atoms with Crippen molar-refractivity contribution in [1.29, 1.82) is 0 Å². The molecule has 0 aliphatic rings. The number of halogens is 1. The number of nitrogens with one attached hydrogen (secondary N) is 1. The van der Waals surface area contributed by atoms with Gasteiger partial charge in [-0.1, -0.05) is 23.7 Å². The summed E-state index contributed by atoms with van der Waals surface area (Å²) in [6, 6.07) is 7.21. The zero-order valence-corrected chi connectivity index (χ0v) is 8.25. The van der Waals surface area contributed by atoms with Crippen LogP contribution >= 0.6 is 11.6 Å². The van der Waals surface area contributed by atoms with Crippen molar-refractivity contribution in [1.82, 2.24) is 5.32 Å². The first-order valence-corrected chi connectivity index (χ1v) is 4.43. The summed E-state index contributed by atoms with van der Waals surface area (Å²) in [6.07, 6.45) is 0. The van der Waals surface area contributed by atoms with Gasteiger partial charge >= 0.3 is 0 Å². The predicted octanol–water partition coefficient (Wildman–Crippen LogP) is 0.847. The van der Waals surface area contributed by atoms with Gasteiger partial charge < -0.3 is 5.32 Å². The van der Waals surface area contributed by atoms with Crippen LogP contribution in [0.15, 0.2) is 24.3 Å². The van der Waals surface area contributed by atoms with E-state index in [9.17, 15) is 4.79 Å². The average Bonchev–Trinajstić information content (AvgIpc) is 2.17. The van der Waals surface area contributed by atoms with Crippen molar-refractivity contribution in [3.8, 4) is 0 Å². The molecule has 0 unspecified atom stereocenters. The van der Waals surface area contributed by atoms with Gasteiger partial charge in [-0.15, -0.1) is 0 Å². The second kappa shape index (κ2) is 5.59. The van der Waals surface area contributed by atoms with Gasteiger partial charge in [-0.3, -0.25) is 9.63 Å². The molecule has 14 heavy (non-hydrogen) atoms. The lowest BCUT2D eigenvalue weighted by molar-refractivity contribution is -0.125. The Bertz CT molecular complexity index is 300. The largest absolute Gasteiger partial charge is 0.350 e. The third-order valence-electron chi connectivity index (χ3n) is 1.62. The van der Waals surface area contributed by atoms with Gasteiger partial charge in [0.25, 0.3) is 0 Å². The number of hydrogen-bond acceptors (Lipinski definition) is 3. The van der Waals surface area contributed by atoms with E-state index >= 15 is 0 Å². The molecule has 3 N–H and O–H groups in total. The first kappa shape index (κ1) is 11.0. The van der Waals surface area contributed by atoms with Gasteiger partial charge in [0.1, 0.15) is 6.61 Å². The standard InChI is InChI=1S/C9H11ClN2O2/c10-8-3-1-7(2-4-8)5-12-9(13)6-14-11/h1-4H,5-6,11H2,(H,12,13). The summed E-state index contributed by atoms with van der Waals surface area (Å²) < 4.78 is 0. The lowest BCUT2D eigenvalue weighted by atomic mass is 10.2. The highest BCUT2D eigenvalue weighted by Gasteiger charge is 1.99. The monoisotopic (exact) mass is 214 g/mol. The van der Waals surface area contributed by atoms with Crippen LogP contribution in [0.4, 0.5) is 0 Å². The first-order chi connectivity index (χ1) is 6.72. The SMILES string of the molecule is NOCC(=O)NCc1ccc(Cl)cc1. The minimum absolute atomic E-state index is 0.131. The molecule has 0 atom stereocenters. The third-order valence-corrected chi connectivity index (χ3v) is 1.87. The fraction of sp³-hybridized carbons (Fsp3) is 0.222. The van der Waals surface area contributed by atoms with E-state index in [4.69, 9.17) is 17.5 Å². The summed E-state index contributed by atoms with van der Waals surface area (Å²) >= 11 is 5.70. The average molecular weight is 215 g/mol. The smallest absolute Gasteiger partial charge is 0.248 e. The van der Waals surface area contributed by atoms with E-state index < -0.39 is 0 Å². The van der Waals surface area contributed by atoms with Gasteiger partial charge in [-0.05, 0) is 17.7 Å². The second-order valence-corrected chi connectivity index (χ2v) is 3.15. The summed E-state index contributed by atoms with van der Waals surface area (Å²) in [5.74, 6) is 4.49. The van der Waals surface area contributed by atoms with Gasteiger partial charge in [0.15, 0.2) is 0 Å². The Balaban J connectivity index is 2.38. The first-order valence-electron chi connectivity index (χ1n) is 4.05. The van der Waals surface area contributed by atoms with Crippen LogP contribution in [0.25, 0.3) is 0 Å². The molecular formula is C9H11ClN2O2. The van der Waals surface area contributed by atoms with Crippen molar-refractivity contribution in [3.63, 3.8) is 0 Å². The minimum Gasteiger partial charge on any atom is -0.350 e. The fourth-order valence-corrected chi connectivity index (χ4v) is 1.06. The second-order valence-electron chi connectivity index (χ2n) is 2.71. The van der Waals surface area contributed by atoms with Crippen LogP contribution in [0, 0.1) is 0 Å². The van der Waals surface area contributed by atoms with Crippen molar-refractivity contribution in [2.75, 3.05) is 6.61 Å². The Labute approximate surface area is 86.9 Å². The predicted molar refractivity (Wildman–Crippen MR) is 53.4 cm³/mol. The fourth-order valence-electron chi connectivity index (χ4n) is 0.930. The molecule has 1 aromatic carbocycles. The molecule has 0 fully saturated rings. The summed E-state index contributed by atoms with van der Waals surface area (Å²) in [6.45, 7) is 0.312. The van der Waals surface area contributed by atoms with E-state index in [0.717, 1.165) is 5.56 Å². The van der Waals surface area contributed by atoms with Crippen LogP contribution in [-0.2, 0) is 16.2 Å². The highest BCUT2D eigenvalue weighted by Crippen LogP contribution is 2.08. The number of amides is 1. The number of nitrogens with two attached hydrogens (primary N) is 1. The summed E-state index contributed by atoms with van der Waals surface area (Å²) in [7, 11) is 0. The number of rotatable bonds is 4. The van der Waals surface area contributed by atoms with Crippen LogP contribution in [0.1, 0.15) is 5.56 Å². The normalized spacial score (nSPS) is 9.86. The van der Waals surface area contributed by atoms with Gasteiger partial charge in [0, 0.05) is 11.6 Å². The Kier molecular flexibility index (Phi) is 4.39. The molecule has 0 radical (unpaired) electrons. The molecule has 76 valence electrons. The van der Waals surface area contributed by atoms with Crippen LogP contribution in [0.5, 0.6) is 0 Å². The molecule has 1 amide bonds. The van der Waals surface area contributed by atoms with Crippen LogP contribution in [0.3, 0.4) is 0 Å². The zero-order valence-electron chi connectivity index (χ0n) is 7.50. The Hall–Kier alpha value is -1.10. The van der Waals surface area contributed by atoms with Gasteiger partial charge in [-0.2, -0.15) is 0 Å². The molecule has 0 spiro atoms. The van der Waals surface area contributed by atoms with Crippen molar-refractivity contribution >= 4 is 17.5 Å². The van der Waals surface area contributed by atoms with Gasteiger partial charge in [0.05, 0.1) is 0 Å². The number of carbonyl (C=O) groups excluding carboxylic acids is 1. The summed E-state index contributed by atoms with van der Waals surface area (Å²) in [5, 5.41) is 3.30. The molecule has 0 aromatic heterocycles. The molecule has 0 bridgehead atoms. The Morgan fingerprint density at radius 1 is 1.43 bits per heavy atom. The molecule has 0 saturated heterocycles. The maximum absolute atomic E-state index is 10.9. The van der Waals surface area contributed by atoms with Crippen LogP contribution in [0.2, 0.25) is 5.02 Å². The van der Waals surface area contributed by atoms with Crippen molar-refractivity contribution < 1.29 is 9.63 Å². The Morgan fingerprint density at radius 2 is 2.07 bits per heavy atom. The molecule has 1 rings (SSSR count). The van der Waals surface area contributed by atoms with E-state index in [-0.39, 0.29) is 12.5 Å². The third kappa shape index (κ3) is 3.74. The Morgan fingerprint density at radius 3 is 2.64 bits per heavy atom. The van der Waals surface area contributed by atoms with E-state index in [2.05, 4.69) is 10.2 Å². The molecule has 0 aliphatic carbocycles. The molecular weight excluding hydrogens is 204 g/mol. The van der Waals surface area contributed by atoms with E-state index in [0.29, 0.717) is 11.6 Å². The van der Waals surface area contributed by atoms with E-state index in [1.54, 1.807) is 12.1 Å². The summed E-state index contributed by atoms with van der Waals surface area (Å²) in [5.41, 5.74) is 0.972. The van der Waals surface area contributed by atoms with Crippen LogP contribution < -0.4 is 11.2 Å². The number of hydrogen-bond donors (Lipinski definition) is 2. The lowest BCUT2D eigenvalue weighted by Gasteiger charge is -2.03. The molecule has 1 aromatic rings. The van der Waals surface area contributed by atoms with Crippen molar-refractivity contribution in [3.05, 3.63) is 34.9 Å². The number of carbonyl (C=O) groups is 1. The quantitative estimate of drug-likeness (QED) is 0.731. The number of benzene rings is 1. The van der Waals surface area contributed by atoms with Crippen LogP contribution in [-0.4, -0.2) is 12.5 Å². The van der Waals surface area contributed by atoms with E-state index in [1.807, 2.05) is 12.1 Å². The topological polar surface area (TPSA) is 64.3 Å². The highest BCUT2D eigenvalue weighted by atomic mass is 35.5. The van der Waals surface area contributed by atoms with E-state index in [1.165, 1.54) is 0 Å². The lowest BCUT2D eigenvalue weighted by Crippen LogP contribution is -2.28. The van der Waals surface area contributed by atoms with Gasteiger partial charge in [0.2, 0.25) is 5.91 Å². The minimum atomic E-state index is -0.248. The molecule has 4 nitrogen and oxygen atoms in total. The summed E-state index contributed by atoms with van der Waals surface area (Å²) in [4.78, 5) is 15.1. The molecule has 0 heterocycles. The van der Waals surface area contributed by atoms with Crippen molar-refractivity contribution in [2.24, 2.45) is 5.90 Å². The molecule has 0 saturated carbocycles.